The average molecular weight is 325 g/mol. The summed E-state index contributed by atoms with van der Waals surface area (Å²) in [5, 5.41) is 0.512. The molecular weight excluding hydrogens is 307 g/mol. The molecule has 0 radical (unpaired) electrons. The Hall–Kier alpha value is -1.29. The smallest absolute Gasteiger partial charge is 0.129 e. The van der Waals surface area contributed by atoms with Gasteiger partial charge in [-0.15, -0.1) is 11.6 Å². The summed E-state index contributed by atoms with van der Waals surface area (Å²) < 4.78 is 5.17. The third kappa shape index (κ3) is 5.20. The fourth-order valence-electron chi connectivity index (χ4n) is 2.08. The van der Waals surface area contributed by atoms with Crippen molar-refractivity contribution >= 4 is 23.2 Å². The Kier molecular flexibility index (Phi) is 6.30. The van der Waals surface area contributed by atoms with Gasteiger partial charge in [-0.1, -0.05) is 29.8 Å². The molecule has 1 aromatic carbocycles. The first kappa shape index (κ1) is 16.1. The zero-order valence-corrected chi connectivity index (χ0v) is 13.4. The average Bonchev–Trinajstić information content (AvgIpc) is 2.50. The van der Waals surface area contributed by atoms with E-state index < -0.39 is 0 Å². The van der Waals surface area contributed by atoms with E-state index in [1.807, 2.05) is 24.3 Å². The van der Waals surface area contributed by atoms with Gasteiger partial charge in [0.2, 0.25) is 0 Å². The van der Waals surface area contributed by atoms with Crippen LogP contribution in [0, 0.1) is 0 Å². The van der Waals surface area contributed by atoms with Crippen molar-refractivity contribution in [1.82, 2.24) is 9.88 Å². The Morgan fingerprint density at radius 1 is 1.05 bits per heavy atom. The van der Waals surface area contributed by atoms with Crippen LogP contribution in [0.2, 0.25) is 5.15 Å². The van der Waals surface area contributed by atoms with Crippen LogP contribution in [0.25, 0.3) is 0 Å². The number of methoxy groups -OCH3 is 1. The van der Waals surface area contributed by atoms with E-state index >= 15 is 0 Å². The highest BCUT2D eigenvalue weighted by molar-refractivity contribution is 6.29. The first-order valence-corrected chi connectivity index (χ1v) is 7.64. The molecule has 0 amide bonds. The number of rotatable bonds is 7. The van der Waals surface area contributed by atoms with Gasteiger partial charge in [0.15, 0.2) is 0 Å². The molecule has 0 atom stereocenters. The molecule has 0 saturated carbocycles. The van der Waals surface area contributed by atoms with E-state index in [-0.39, 0.29) is 0 Å². The molecule has 0 unspecified atom stereocenters. The Morgan fingerprint density at radius 3 is 2.29 bits per heavy atom. The maximum Gasteiger partial charge on any atom is 0.129 e. The van der Waals surface area contributed by atoms with E-state index in [2.05, 4.69) is 22.0 Å². The van der Waals surface area contributed by atoms with Gasteiger partial charge in [-0.3, -0.25) is 4.90 Å². The highest BCUT2D eigenvalue weighted by Gasteiger charge is 2.07. The van der Waals surface area contributed by atoms with Crippen LogP contribution in [0.15, 0.2) is 42.6 Å². The summed E-state index contributed by atoms with van der Waals surface area (Å²) in [7, 11) is 1.67. The Morgan fingerprint density at radius 2 is 1.71 bits per heavy atom. The molecule has 1 aromatic heterocycles. The van der Waals surface area contributed by atoms with Crippen LogP contribution in [0.1, 0.15) is 11.1 Å². The van der Waals surface area contributed by atoms with Gasteiger partial charge in [0.1, 0.15) is 10.9 Å². The monoisotopic (exact) mass is 324 g/mol. The molecule has 0 aliphatic heterocycles. The molecule has 0 aliphatic rings. The van der Waals surface area contributed by atoms with E-state index in [0.29, 0.717) is 11.0 Å². The lowest BCUT2D eigenvalue weighted by Crippen LogP contribution is -2.25. The van der Waals surface area contributed by atoms with E-state index in [4.69, 9.17) is 27.9 Å². The number of benzene rings is 1. The molecule has 0 fully saturated rings. The third-order valence-corrected chi connectivity index (χ3v) is 3.55. The normalized spacial score (nSPS) is 10.9. The minimum atomic E-state index is 0.512. The topological polar surface area (TPSA) is 25.4 Å². The summed E-state index contributed by atoms with van der Waals surface area (Å²) in [5.74, 6) is 1.46. The molecule has 5 heteroatoms. The zero-order valence-electron chi connectivity index (χ0n) is 11.9. The summed E-state index contributed by atoms with van der Waals surface area (Å²) in [4.78, 5) is 6.39. The van der Waals surface area contributed by atoms with Crippen LogP contribution in [0.3, 0.4) is 0 Å². The lowest BCUT2D eigenvalue weighted by molar-refractivity contribution is 0.272. The lowest BCUT2D eigenvalue weighted by atomic mass is 10.2. The van der Waals surface area contributed by atoms with Gasteiger partial charge in [0.05, 0.1) is 7.11 Å². The van der Waals surface area contributed by atoms with E-state index in [1.54, 1.807) is 13.3 Å². The van der Waals surface area contributed by atoms with Crippen LogP contribution < -0.4 is 4.74 Å². The van der Waals surface area contributed by atoms with Gasteiger partial charge in [-0.2, -0.15) is 0 Å². The van der Waals surface area contributed by atoms with Crippen LogP contribution in [-0.2, 0) is 13.1 Å². The maximum absolute atomic E-state index is 5.90. The SMILES string of the molecule is COc1ccc(CN(CCCl)Cc2ccc(Cl)nc2)cc1. The van der Waals surface area contributed by atoms with Gasteiger partial charge in [0.25, 0.3) is 0 Å². The summed E-state index contributed by atoms with van der Waals surface area (Å²) in [6.45, 7) is 2.44. The molecule has 2 aromatic rings. The van der Waals surface area contributed by atoms with E-state index in [1.165, 1.54) is 5.56 Å². The molecule has 2 rings (SSSR count). The highest BCUT2D eigenvalue weighted by atomic mass is 35.5. The number of aromatic nitrogens is 1. The van der Waals surface area contributed by atoms with Crippen molar-refractivity contribution in [1.29, 1.82) is 0 Å². The van der Waals surface area contributed by atoms with Crippen LogP contribution >= 0.6 is 23.2 Å². The number of hydrogen-bond acceptors (Lipinski definition) is 3. The number of nitrogens with zero attached hydrogens (tertiary/aromatic N) is 2. The molecule has 0 saturated heterocycles. The van der Waals surface area contributed by atoms with Crippen LogP contribution in [0.5, 0.6) is 5.75 Å². The minimum absolute atomic E-state index is 0.512. The molecular formula is C16H18Cl2N2O. The van der Waals surface area contributed by atoms with Gasteiger partial charge in [-0.05, 0) is 29.3 Å². The second-order valence-corrected chi connectivity index (χ2v) is 5.50. The molecule has 0 bridgehead atoms. The van der Waals surface area contributed by atoms with Gasteiger partial charge < -0.3 is 4.74 Å². The Labute approximate surface area is 135 Å². The van der Waals surface area contributed by atoms with Crippen molar-refractivity contribution in [3.05, 3.63) is 58.9 Å². The number of alkyl halides is 1. The number of pyridine rings is 1. The fourth-order valence-corrected chi connectivity index (χ4v) is 2.43. The van der Waals surface area contributed by atoms with Crippen LogP contribution in [0.4, 0.5) is 0 Å². The van der Waals surface area contributed by atoms with E-state index in [9.17, 15) is 0 Å². The molecule has 0 aliphatic carbocycles. The summed E-state index contributed by atoms with van der Waals surface area (Å²) >= 11 is 11.7. The zero-order chi connectivity index (χ0) is 15.1. The van der Waals surface area contributed by atoms with Crippen molar-refractivity contribution < 1.29 is 4.74 Å². The molecule has 112 valence electrons. The molecule has 21 heavy (non-hydrogen) atoms. The summed E-state index contributed by atoms with van der Waals surface area (Å²) in [6.07, 6.45) is 1.80. The third-order valence-electron chi connectivity index (χ3n) is 3.16. The molecule has 0 spiro atoms. The molecule has 0 N–H and O–H groups in total. The van der Waals surface area contributed by atoms with Gasteiger partial charge in [-0.25, -0.2) is 4.98 Å². The predicted molar refractivity (Wildman–Crippen MR) is 87.1 cm³/mol. The van der Waals surface area contributed by atoms with Crippen molar-refractivity contribution in [3.63, 3.8) is 0 Å². The van der Waals surface area contributed by atoms with Crippen molar-refractivity contribution in [2.75, 3.05) is 19.5 Å². The van der Waals surface area contributed by atoms with Crippen molar-refractivity contribution in [2.24, 2.45) is 0 Å². The minimum Gasteiger partial charge on any atom is -0.497 e. The second-order valence-electron chi connectivity index (χ2n) is 4.74. The fraction of sp³-hybridized carbons (Fsp3) is 0.312. The first-order chi connectivity index (χ1) is 10.2. The first-order valence-electron chi connectivity index (χ1n) is 6.73. The van der Waals surface area contributed by atoms with Crippen molar-refractivity contribution in [2.45, 2.75) is 13.1 Å². The Balaban J connectivity index is 2.02. The highest BCUT2D eigenvalue weighted by Crippen LogP contribution is 2.15. The van der Waals surface area contributed by atoms with Crippen molar-refractivity contribution in [3.8, 4) is 5.75 Å². The lowest BCUT2D eigenvalue weighted by Gasteiger charge is -2.21. The van der Waals surface area contributed by atoms with Gasteiger partial charge >= 0.3 is 0 Å². The largest absolute Gasteiger partial charge is 0.497 e. The standard InChI is InChI=1S/C16H18Cl2N2O/c1-21-15-5-2-13(3-6-15)11-20(9-8-17)12-14-4-7-16(18)19-10-14/h2-7,10H,8-9,11-12H2,1H3. The summed E-state index contributed by atoms with van der Waals surface area (Å²) in [6, 6.07) is 11.9. The Bertz CT molecular complexity index is 543. The molecule has 3 nitrogen and oxygen atoms in total. The van der Waals surface area contributed by atoms with Gasteiger partial charge in [0, 0.05) is 31.7 Å². The van der Waals surface area contributed by atoms with Crippen LogP contribution in [-0.4, -0.2) is 29.4 Å². The summed E-state index contributed by atoms with van der Waals surface area (Å²) in [5.41, 5.74) is 2.35. The number of halogens is 2. The predicted octanol–water partition coefficient (Wildman–Crippen LogP) is 3.98. The number of ether oxygens (including phenoxy) is 1. The maximum atomic E-state index is 5.90. The number of hydrogen-bond donors (Lipinski definition) is 0. The molecule has 1 heterocycles. The quantitative estimate of drug-likeness (QED) is 0.569. The second kappa shape index (κ2) is 8.23. The van der Waals surface area contributed by atoms with E-state index in [0.717, 1.165) is 30.9 Å².